The molecule has 1 amide bonds. The number of aromatic nitrogens is 2. The predicted molar refractivity (Wildman–Crippen MR) is 84.7 cm³/mol. The molecular formula is C16H22N4O2. The molecule has 0 radical (unpaired) electrons. The first-order valence-electron chi connectivity index (χ1n) is 7.60. The number of benzene rings is 1. The number of hydrogen-bond acceptors (Lipinski definition) is 4. The average Bonchev–Trinajstić information content (AvgIpc) is 2.94. The third kappa shape index (κ3) is 3.13. The maximum absolute atomic E-state index is 12.7. The molecule has 2 heterocycles. The molecule has 0 saturated carbocycles. The van der Waals surface area contributed by atoms with Crippen LogP contribution in [0.1, 0.15) is 24.2 Å². The fourth-order valence-corrected chi connectivity index (χ4v) is 2.98. The maximum Gasteiger partial charge on any atom is 0.254 e. The predicted octanol–water partition coefficient (Wildman–Crippen LogP) is 1.09. The molecule has 2 aromatic rings. The number of β-amino-alcohol motifs (C(OH)–C–C–N with tert-alkyl or cyclic N) is 1. The van der Waals surface area contributed by atoms with Crippen LogP contribution < -0.4 is 0 Å². The van der Waals surface area contributed by atoms with Crippen molar-refractivity contribution >= 4 is 16.8 Å². The van der Waals surface area contributed by atoms with Crippen molar-refractivity contribution in [2.24, 2.45) is 0 Å². The molecule has 0 aliphatic carbocycles. The molecule has 0 bridgehead atoms. The van der Waals surface area contributed by atoms with Crippen molar-refractivity contribution in [3.63, 3.8) is 0 Å². The number of fused-ring (bicyclic) bond motifs is 1. The van der Waals surface area contributed by atoms with E-state index < -0.39 is 5.60 Å². The second-order valence-corrected chi connectivity index (χ2v) is 6.52. The number of amides is 1. The van der Waals surface area contributed by atoms with Gasteiger partial charge in [0.15, 0.2) is 0 Å². The van der Waals surface area contributed by atoms with Crippen LogP contribution in [-0.2, 0) is 0 Å². The molecule has 2 N–H and O–H groups in total. The van der Waals surface area contributed by atoms with Crippen molar-refractivity contribution in [2.75, 3.05) is 32.7 Å². The van der Waals surface area contributed by atoms with Crippen LogP contribution in [0.5, 0.6) is 0 Å². The minimum atomic E-state index is -0.700. The first-order valence-corrected chi connectivity index (χ1v) is 7.60. The zero-order valence-corrected chi connectivity index (χ0v) is 13.0. The fraction of sp³-hybridized carbons (Fsp3) is 0.500. The van der Waals surface area contributed by atoms with Gasteiger partial charge in [0, 0.05) is 38.1 Å². The SMILES string of the molecule is CC(C)(O)CN1CCN(C(=O)c2cccc3[nH]ncc23)CC1. The number of hydrogen-bond donors (Lipinski definition) is 2. The van der Waals surface area contributed by atoms with Gasteiger partial charge in [0.25, 0.3) is 5.91 Å². The Labute approximate surface area is 129 Å². The van der Waals surface area contributed by atoms with E-state index in [9.17, 15) is 9.90 Å². The molecule has 22 heavy (non-hydrogen) atoms. The largest absolute Gasteiger partial charge is 0.389 e. The van der Waals surface area contributed by atoms with Crippen molar-refractivity contribution < 1.29 is 9.90 Å². The van der Waals surface area contributed by atoms with Gasteiger partial charge in [0.05, 0.1) is 22.9 Å². The lowest BCUT2D eigenvalue weighted by Gasteiger charge is -2.37. The Morgan fingerprint density at radius 3 is 2.73 bits per heavy atom. The summed E-state index contributed by atoms with van der Waals surface area (Å²) in [5.41, 5.74) is 0.878. The van der Waals surface area contributed by atoms with Crippen LogP contribution in [0.25, 0.3) is 10.9 Å². The van der Waals surface area contributed by atoms with E-state index >= 15 is 0 Å². The fourth-order valence-electron chi connectivity index (χ4n) is 2.98. The third-order valence-corrected chi connectivity index (χ3v) is 3.99. The molecule has 1 aliphatic rings. The number of aromatic amines is 1. The molecule has 1 aromatic carbocycles. The molecule has 118 valence electrons. The van der Waals surface area contributed by atoms with Crippen LogP contribution in [0.2, 0.25) is 0 Å². The highest BCUT2D eigenvalue weighted by molar-refractivity contribution is 6.06. The van der Waals surface area contributed by atoms with E-state index in [1.165, 1.54) is 0 Å². The lowest BCUT2D eigenvalue weighted by atomic mass is 10.1. The minimum absolute atomic E-state index is 0.0508. The summed E-state index contributed by atoms with van der Waals surface area (Å²) >= 11 is 0. The molecule has 6 nitrogen and oxygen atoms in total. The average molecular weight is 302 g/mol. The van der Waals surface area contributed by atoms with Crippen LogP contribution in [-0.4, -0.2) is 69.3 Å². The van der Waals surface area contributed by atoms with Crippen molar-refractivity contribution in [3.05, 3.63) is 30.0 Å². The normalized spacial score (nSPS) is 17.1. The van der Waals surface area contributed by atoms with Gasteiger partial charge in [-0.2, -0.15) is 5.10 Å². The summed E-state index contributed by atoms with van der Waals surface area (Å²) in [6, 6.07) is 5.64. The molecule has 1 aliphatic heterocycles. The number of H-pyrrole nitrogens is 1. The molecular weight excluding hydrogens is 280 g/mol. The topological polar surface area (TPSA) is 72.5 Å². The van der Waals surface area contributed by atoms with E-state index in [-0.39, 0.29) is 5.91 Å². The van der Waals surface area contributed by atoms with Gasteiger partial charge in [0.1, 0.15) is 0 Å². The summed E-state index contributed by atoms with van der Waals surface area (Å²) in [5.74, 6) is 0.0508. The third-order valence-electron chi connectivity index (χ3n) is 3.99. The standard InChI is InChI=1S/C16H22N4O2/c1-16(2,22)11-19-6-8-20(9-7-19)15(21)12-4-3-5-14-13(12)10-17-18-14/h3-5,10,22H,6-9,11H2,1-2H3,(H,17,18). The number of rotatable bonds is 3. The van der Waals surface area contributed by atoms with Crippen molar-refractivity contribution in [1.82, 2.24) is 20.0 Å². The summed E-state index contributed by atoms with van der Waals surface area (Å²) in [4.78, 5) is 16.8. The van der Waals surface area contributed by atoms with Crippen LogP contribution >= 0.6 is 0 Å². The number of carbonyl (C=O) groups is 1. The summed E-state index contributed by atoms with van der Waals surface area (Å²) in [7, 11) is 0. The smallest absolute Gasteiger partial charge is 0.254 e. The molecule has 3 rings (SSSR count). The molecule has 0 unspecified atom stereocenters. The Bertz CT molecular complexity index is 666. The Morgan fingerprint density at radius 1 is 1.32 bits per heavy atom. The van der Waals surface area contributed by atoms with Gasteiger partial charge in [-0.15, -0.1) is 0 Å². The number of nitrogens with one attached hydrogen (secondary N) is 1. The van der Waals surface area contributed by atoms with Crippen molar-refractivity contribution in [2.45, 2.75) is 19.4 Å². The molecule has 1 saturated heterocycles. The van der Waals surface area contributed by atoms with E-state index in [0.717, 1.165) is 24.0 Å². The van der Waals surface area contributed by atoms with Gasteiger partial charge < -0.3 is 10.0 Å². The monoisotopic (exact) mass is 302 g/mol. The molecule has 0 spiro atoms. The highest BCUT2D eigenvalue weighted by atomic mass is 16.3. The first-order chi connectivity index (χ1) is 10.4. The molecule has 6 heteroatoms. The first kappa shape index (κ1) is 15.0. The zero-order chi connectivity index (χ0) is 15.7. The van der Waals surface area contributed by atoms with E-state index in [1.807, 2.05) is 36.9 Å². The van der Waals surface area contributed by atoms with Crippen LogP contribution in [0, 0.1) is 0 Å². The molecule has 1 fully saturated rings. The lowest BCUT2D eigenvalue weighted by molar-refractivity contribution is 0.0179. The summed E-state index contributed by atoms with van der Waals surface area (Å²) < 4.78 is 0. The van der Waals surface area contributed by atoms with Gasteiger partial charge in [-0.1, -0.05) is 6.07 Å². The second-order valence-electron chi connectivity index (χ2n) is 6.52. The van der Waals surface area contributed by atoms with E-state index in [4.69, 9.17) is 0 Å². The highest BCUT2D eigenvalue weighted by Crippen LogP contribution is 2.19. The molecule has 0 atom stereocenters. The van der Waals surface area contributed by atoms with E-state index in [1.54, 1.807) is 6.20 Å². The van der Waals surface area contributed by atoms with Crippen LogP contribution in [0.3, 0.4) is 0 Å². The van der Waals surface area contributed by atoms with Crippen molar-refractivity contribution in [3.8, 4) is 0 Å². The second kappa shape index (κ2) is 5.70. The number of nitrogens with zero attached hydrogens (tertiary/aromatic N) is 3. The van der Waals surface area contributed by atoms with Gasteiger partial charge in [-0.3, -0.25) is 14.8 Å². The summed E-state index contributed by atoms with van der Waals surface area (Å²) in [6.45, 7) is 7.20. The maximum atomic E-state index is 12.7. The quantitative estimate of drug-likeness (QED) is 0.890. The van der Waals surface area contributed by atoms with Crippen LogP contribution in [0.4, 0.5) is 0 Å². The number of piperazine rings is 1. The van der Waals surface area contributed by atoms with Gasteiger partial charge in [0.2, 0.25) is 0 Å². The Morgan fingerprint density at radius 2 is 2.05 bits per heavy atom. The zero-order valence-electron chi connectivity index (χ0n) is 13.0. The van der Waals surface area contributed by atoms with Crippen molar-refractivity contribution in [1.29, 1.82) is 0 Å². The van der Waals surface area contributed by atoms with E-state index in [0.29, 0.717) is 25.2 Å². The van der Waals surface area contributed by atoms with Crippen LogP contribution in [0.15, 0.2) is 24.4 Å². The van der Waals surface area contributed by atoms with E-state index in [2.05, 4.69) is 15.1 Å². The lowest BCUT2D eigenvalue weighted by Crippen LogP contribution is -2.52. The Hall–Kier alpha value is -1.92. The highest BCUT2D eigenvalue weighted by Gasteiger charge is 2.26. The van der Waals surface area contributed by atoms with Gasteiger partial charge >= 0.3 is 0 Å². The number of carbonyl (C=O) groups excluding carboxylic acids is 1. The minimum Gasteiger partial charge on any atom is -0.389 e. The number of aliphatic hydroxyl groups is 1. The van der Waals surface area contributed by atoms with Gasteiger partial charge in [-0.05, 0) is 26.0 Å². The van der Waals surface area contributed by atoms with Gasteiger partial charge in [-0.25, -0.2) is 0 Å². The molecule has 1 aromatic heterocycles. The Kier molecular flexibility index (Phi) is 3.88. The summed E-state index contributed by atoms with van der Waals surface area (Å²) in [6.07, 6.45) is 1.70. The summed E-state index contributed by atoms with van der Waals surface area (Å²) in [5, 5.41) is 17.7. The Balaban J connectivity index is 1.69.